The topological polar surface area (TPSA) is 25.8 Å². The summed E-state index contributed by atoms with van der Waals surface area (Å²) in [6, 6.07) is 6.61. The van der Waals surface area contributed by atoms with Gasteiger partial charge in [-0.05, 0) is 36.5 Å². The zero-order chi connectivity index (χ0) is 11.0. The first-order valence-corrected chi connectivity index (χ1v) is 6.72. The van der Waals surface area contributed by atoms with Crippen LogP contribution in [0.1, 0.15) is 22.6 Å². The minimum Gasteiger partial charge on any atom is -0.142 e. The van der Waals surface area contributed by atoms with Crippen LogP contribution < -0.4 is 0 Å². The Kier molecular flexibility index (Phi) is 2.65. The predicted molar refractivity (Wildman–Crippen MR) is 66.9 cm³/mol. The van der Waals surface area contributed by atoms with Gasteiger partial charge >= 0.3 is 0 Å². The quantitative estimate of drug-likeness (QED) is 0.764. The maximum absolute atomic E-state index is 5.73. The minimum atomic E-state index is 0.447. The average Bonchev–Trinajstić information content (AvgIpc) is 2.96. The first-order valence-electron chi connectivity index (χ1n) is 5.37. The van der Waals surface area contributed by atoms with Crippen LogP contribution in [0.2, 0.25) is 0 Å². The van der Waals surface area contributed by atoms with Crippen molar-refractivity contribution in [1.82, 2.24) is 10.2 Å². The first kappa shape index (κ1) is 10.2. The highest BCUT2D eigenvalue weighted by Crippen LogP contribution is 2.29. The normalized spacial score (nSPS) is 14.1. The van der Waals surface area contributed by atoms with Gasteiger partial charge < -0.3 is 0 Å². The fourth-order valence-electron chi connectivity index (χ4n) is 2.13. The van der Waals surface area contributed by atoms with Gasteiger partial charge in [0.15, 0.2) is 0 Å². The largest absolute Gasteiger partial charge is 0.147 e. The summed E-state index contributed by atoms with van der Waals surface area (Å²) in [4.78, 5) is 0. The second kappa shape index (κ2) is 4.15. The molecule has 0 amide bonds. The van der Waals surface area contributed by atoms with Crippen LogP contribution in [0, 0.1) is 0 Å². The summed E-state index contributed by atoms with van der Waals surface area (Å²) in [5, 5.41) is 10.1. The number of hydrogen-bond acceptors (Lipinski definition) is 3. The lowest BCUT2D eigenvalue weighted by molar-refractivity contribution is 0.912. The number of rotatable bonds is 2. The molecule has 1 aromatic carbocycles. The van der Waals surface area contributed by atoms with Gasteiger partial charge in [0.25, 0.3) is 0 Å². The monoisotopic (exact) mass is 250 g/mol. The van der Waals surface area contributed by atoms with Crippen molar-refractivity contribution in [2.45, 2.75) is 25.1 Å². The van der Waals surface area contributed by atoms with Gasteiger partial charge in [0.05, 0.1) is 5.88 Å². The molecule has 1 aromatic heterocycles. The lowest BCUT2D eigenvalue weighted by atomic mass is 10.1. The van der Waals surface area contributed by atoms with Crippen LogP contribution in [-0.2, 0) is 18.7 Å². The fraction of sp³-hybridized carbons (Fsp3) is 0.333. The Morgan fingerprint density at radius 2 is 2.06 bits per heavy atom. The summed E-state index contributed by atoms with van der Waals surface area (Å²) in [5.74, 6) is 0.447. The molecule has 82 valence electrons. The average molecular weight is 251 g/mol. The number of halogens is 1. The van der Waals surface area contributed by atoms with Crippen molar-refractivity contribution in [2.75, 3.05) is 0 Å². The van der Waals surface area contributed by atoms with E-state index in [1.165, 1.54) is 36.0 Å². The van der Waals surface area contributed by atoms with E-state index in [-0.39, 0.29) is 0 Å². The van der Waals surface area contributed by atoms with Crippen LogP contribution >= 0.6 is 22.9 Å². The zero-order valence-corrected chi connectivity index (χ0v) is 10.3. The second-order valence-electron chi connectivity index (χ2n) is 3.97. The SMILES string of the molecule is ClCc1nnc(-c2ccc3c(c2)CCC3)s1. The van der Waals surface area contributed by atoms with Gasteiger partial charge in [-0.2, -0.15) is 0 Å². The number of aromatic nitrogens is 2. The standard InChI is InChI=1S/C12H11ClN2S/c13-7-11-14-15-12(16-11)10-5-4-8-2-1-3-9(8)6-10/h4-6H,1-3,7H2. The summed E-state index contributed by atoms with van der Waals surface area (Å²) in [7, 11) is 0. The molecule has 0 aliphatic heterocycles. The van der Waals surface area contributed by atoms with Crippen LogP contribution in [-0.4, -0.2) is 10.2 Å². The highest BCUT2D eigenvalue weighted by Gasteiger charge is 2.13. The molecule has 0 bridgehead atoms. The van der Waals surface area contributed by atoms with E-state index < -0.39 is 0 Å². The molecule has 0 saturated carbocycles. The van der Waals surface area contributed by atoms with Crippen molar-refractivity contribution in [1.29, 1.82) is 0 Å². The maximum Gasteiger partial charge on any atom is 0.147 e. The van der Waals surface area contributed by atoms with Gasteiger partial charge in [0.1, 0.15) is 10.0 Å². The molecule has 4 heteroatoms. The number of nitrogens with zero attached hydrogens (tertiary/aromatic N) is 2. The zero-order valence-electron chi connectivity index (χ0n) is 8.74. The molecule has 0 fully saturated rings. The molecule has 0 saturated heterocycles. The van der Waals surface area contributed by atoms with E-state index in [0.29, 0.717) is 5.88 Å². The molecule has 1 aliphatic carbocycles. The summed E-state index contributed by atoms with van der Waals surface area (Å²) < 4.78 is 0. The predicted octanol–water partition coefficient (Wildman–Crippen LogP) is 3.43. The van der Waals surface area contributed by atoms with E-state index in [2.05, 4.69) is 28.4 Å². The van der Waals surface area contributed by atoms with Crippen molar-refractivity contribution >= 4 is 22.9 Å². The summed E-state index contributed by atoms with van der Waals surface area (Å²) in [6.45, 7) is 0. The summed E-state index contributed by atoms with van der Waals surface area (Å²) >= 11 is 7.31. The Balaban J connectivity index is 2.00. The van der Waals surface area contributed by atoms with E-state index in [1.807, 2.05) is 0 Å². The van der Waals surface area contributed by atoms with Gasteiger partial charge in [-0.25, -0.2) is 0 Å². The fourth-order valence-corrected chi connectivity index (χ4v) is 3.03. The van der Waals surface area contributed by atoms with Gasteiger partial charge in [0.2, 0.25) is 0 Å². The highest BCUT2D eigenvalue weighted by atomic mass is 35.5. The molecule has 0 N–H and O–H groups in total. The Morgan fingerprint density at radius 3 is 2.88 bits per heavy atom. The first-order chi connectivity index (χ1) is 7.86. The molecule has 1 aliphatic rings. The smallest absolute Gasteiger partial charge is 0.142 e. The number of alkyl halides is 1. The van der Waals surface area contributed by atoms with Crippen molar-refractivity contribution in [2.24, 2.45) is 0 Å². The third-order valence-electron chi connectivity index (χ3n) is 2.93. The van der Waals surface area contributed by atoms with Crippen LogP contribution in [0.5, 0.6) is 0 Å². The molecule has 0 spiro atoms. The molecule has 1 heterocycles. The van der Waals surface area contributed by atoms with Gasteiger partial charge in [0, 0.05) is 5.56 Å². The molecule has 16 heavy (non-hydrogen) atoms. The third-order valence-corrected chi connectivity index (χ3v) is 4.31. The molecule has 2 nitrogen and oxygen atoms in total. The highest BCUT2D eigenvalue weighted by molar-refractivity contribution is 7.14. The molecule has 2 aromatic rings. The van der Waals surface area contributed by atoms with Gasteiger partial charge in [-0.1, -0.05) is 23.5 Å². The Bertz CT molecular complexity index is 521. The Labute approximate surface area is 103 Å². The van der Waals surface area contributed by atoms with Crippen LogP contribution in [0.15, 0.2) is 18.2 Å². The minimum absolute atomic E-state index is 0.447. The number of hydrogen-bond donors (Lipinski definition) is 0. The maximum atomic E-state index is 5.73. The van der Waals surface area contributed by atoms with Crippen LogP contribution in [0.4, 0.5) is 0 Å². The second-order valence-corrected chi connectivity index (χ2v) is 5.30. The van der Waals surface area contributed by atoms with E-state index in [1.54, 1.807) is 11.3 Å². The van der Waals surface area contributed by atoms with Crippen LogP contribution in [0.3, 0.4) is 0 Å². The Morgan fingerprint density at radius 1 is 1.19 bits per heavy atom. The van der Waals surface area contributed by atoms with E-state index in [9.17, 15) is 0 Å². The number of benzene rings is 1. The van der Waals surface area contributed by atoms with E-state index in [4.69, 9.17) is 11.6 Å². The van der Waals surface area contributed by atoms with Crippen molar-refractivity contribution in [3.05, 3.63) is 34.3 Å². The van der Waals surface area contributed by atoms with Crippen LogP contribution in [0.25, 0.3) is 10.6 Å². The van der Waals surface area contributed by atoms with E-state index >= 15 is 0 Å². The van der Waals surface area contributed by atoms with Crippen molar-refractivity contribution in [3.63, 3.8) is 0 Å². The molecule has 0 radical (unpaired) electrons. The van der Waals surface area contributed by atoms with E-state index in [0.717, 1.165) is 10.0 Å². The Hall–Kier alpha value is -0.930. The summed E-state index contributed by atoms with van der Waals surface area (Å²) in [6.07, 6.45) is 3.70. The van der Waals surface area contributed by atoms with Crippen molar-refractivity contribution < 1.29 is 0 Å². The molecular formula is C12H11ClN2S. The molecule has 3 rings (SSSR count). The lowest BCUT2D eigenvalue weighted by Crippen LogP contribution is -1.84. The molecule has 0 atom stereocenters. The molecular weight excluding hydrogens is 240 g/mol. The third kappa shape index (κ3) is 1.74. The molecule has 0 unspecified atom stereocenters. The van der Waals surface area contributed by atoms with Gasteiger partial charge in [-0.15, -0.1) is 21.8 Å². The van der Waals surface area contributed by atoms with Gasteiger partial charge in [-0.3, -0.25) is 0 Å². The summed E-state index contributed by atoms with van der Waals surface area (Å²) in [5.41, 5.74) is 4.14. The number of aryl methyl sites for hydroxylation is 2. The lowest BCUT2D eigenvalue weighted by Gasteiger charge is -2.00. The van der Waals surface area contributed by atoms with Crippen molar-refractivity contribution in [3.8, 4) is 10.6 Å². The number of fused-ring (bicyclic) bond motifs is 1.